The van der Waals surface area contributed by atoms with Crippen LogP contribution in [0, 0.1) is 0 Å². The number of nitrogens with zero attached hydrogens (tertiary/aromatic N) is 1. The summed E-state index contributed by atoms with van der Waals surface area (Å²) >= 11 is 0. The van der Waals surface area contributed by atoms with E-state index in [1.54, 1.807) is 18.1 Å². The zero-order chi connectivity index (χ0) is 15.4. The lowest BCUT2D eigenvalue weighted by molar-refractivity contribution is 0.227. The first-order valence-corrected chi connectivity index (χ1v) is 7.18. The van der Waals surface area contributed by atoms with Crippen molar-refractivity contribution in [2.45, 2.75) is 6.42 Å². The van der Waals surface area contributed by atoms with Crippen molar-refractivity contribution in [1.82, 2.24) is 5.32 Å². The molecule has 0 aromatic heterocycles. The van der Waals surface area contributed by atoms with Gasteiger partial charge in [-0.2, -0.15) is 0 Å². The normalized spacial score (nSPS) is 12.7. The smallest absolute Gasteiger partial charge is 0.324 e. The third-order valence-corrected chi connectivity index (χ3v) is 3.65. The maximum Gasteiger partial charge on any atom is 0.324 e. The Morgan fingerprint density at radius 1 is 1.14 bits per heavy atom. The average Bonchev–Trinajstić information content (AvgIpc) is 2.99. The molecule has 0 bridgehead atoms. The van der Waals surface area contributed by atoms with Gasteiger partial charge in [-0.05, 0) is 30.2 Å². The van der Waals surface area contributed by atoms with Gasteiger partial charge in [0, 0.05) is 12.2 Å². The van der Waals surface area contributed by atoms with Gasteiger partial charge in [-0.15, -0.1) is 0 Å². The predicted molar refractivity (Wildman–Crippen MR) is 84.5 cm³/mol. The van der Waals surface area contributed by atoms with Crippen molar-refractivity contribution in [1.29, 1.82) is 0 Å². The zero-order valence-corrected chi connectivity index (χ0v) is 12.4. The van der Waals surface area contributed by atoms with Gasteiger partial charge < -0.3 is 14.8 Å². The Balaban J connectivity index is 1.57. The summed E-state index contributed by atoms with van der Waals surface area (Å²) in [6, 6.07) is 15.1. The van der Waals surface area contributed by atoms with E-state index in [0.717, 1.165) is 12.1 Å². The number of nitrogens with one attached hydrogen (secondary N) is 1. The number of amides is 2. The van der Waals surface area contributed by atoms with Crippen LogP contribution in [0.5, 0.6) is 11.5 Å². The molecule has 0 fully saturated rings. The van der Waals surface area contributed by atoms with Crippen LogP contribution in [0.3, 0.4) is 0 Å². The van der Waals surface area contributed by atoms with Crippen LogP contribution in [0.2, 0.25) is 0 Å². The number of para-hydroxylation sites is 3. The Labute approximate surface area is 129 Å². The summed E-state index contributed by atoms with van der Waals surface area (Å²) in [7, 11) is 1.59. The Bertz CT molecular complexity index is 672. The maximum atomic E-state index is 12.3. The highest BCUT2D eigenvalue weighted by molar-refractivity contribution is 5.94. The van der Waals surface area contributed by atoms with E-state index in [1.807, 2.05) is 42.5 Å². The first-order valence-electron chi connectivity index (χ1n) is 7.18. The van der Waals surface area contributed by atoms with E-state index < -0.39 is 0 Å². The van der Waals surface area contributed by atoms with E-state index in [0.29, 0.717) is 18.0 Å². The molecule has 0 saturated carbocycles. The van der Waals surface area contributed by atoms with Crippen LogP contribution >= 0.6 is 0 Å². The number of benzene rings is 2. The molecule has 2 aromatic rings. The van der Waals surface area contributed by atoms with Crippen LogP contribution in [-0.2, 0) is 6.42 Å². The Kier molecular flexibility index (Phi) is 4.14. The van der Waals surface area contributed by atoms with Gasteiger partial charge in [0.05, 0.1) is 7.11 Å². The average molecular weight is 298 g/mol. The predicted octanol–water partition coefficient (Wildman–Crippen LogP) is 2.80. The molecule has 0 saturated heterocycles. The molecule has 5 heteroatoms. The number of rotatable bonds is 4. The summed E-state index contributed by atoms with van der Waals surface area (Å²) < 4.78 is 10.8. The van der Waals surface area contributed by atoms with Crippen molar-refractivity contribution in [2.24, 2.45) is 0 Å². The number of methoxy groups -OCH3 is 1. The van der Waals surface area contributed by atoms with Crippen LogP contribution in [-0.4, -0.2) is 26.4 Å². The molecule has 114 valence electrons. The summed E-state index contributed by atoms with van der Waals surface area (Å²) in [5, 5.41) is 2.77. The summed E-state index contributed by atoms with van der Waals surface area (Å²) in [6.45, 7) is 0.789. The second-order valence-corrected chi connectivity index (χ2v) is 4.95. The number of fused-ring (bicyclic) bond motifs is 1. The lowest BCUT2D eigenvalue weighted by Gasteiger charge is -2.18. The van der Waals surface area contributed by atoms with Gasteiger partial charge in [0.2, 0.25) is 0 Å². The lowest BCUT2D eigenvalue weighted by Crippen LogP contribution is -2.40. The molecular formula is C17H18N2O3. The molecule has 1 N–H and O–H groups in total. The van der Waals surface area contributed by atoms with Gasteiger partial charge in [0.25, 0.3) is 0 Å². The molecule has 0 spiro atoms. The van der Waals surface area contributed by atoms with Crippen LogP contribution in [0.15, 0.2) is 48.5 Å². The van der Waals surface area contributed by atoms with Gasteiger partial charge in [0.15, 0.2) is 18.2 Å². The molecule has 5 nitrogen and oxygen atoms in total. The van der Waals surface area contributed by atoms with Crippen LogP contribution in [0.1, 0.15) is 5.56 Å². The number of hydrogen-bond donors (Lipinski definition) is 1. The Morgan fingerprint density at radius 2 is 1.86 bits per heavy atom. The number of carbonyl (C=O) groups is 1. The van der Waals surface area contributed by atoms with E-state index in [2.05, 4.69) is 5.32 Å². The van der Waals surface area contributed by atoms with Crippen LogP contribution in [0.4, 0.5) is 10.5 Å². The molecule has 1 aliphatic rings. The minimum Gasteiger partial charge on any atom is -0.493 e. The molecule has 1 aliphatic heterocycles. The molecular weight excluding hydrogens is 280 g/mol. The first kappa shape index (κ1) is 14.3. The summed E-state index contributed by atoms with van der Waals surface area (Å²) in [5.41, 5.74) is 2.17. The van der Waals surface area contributed by atoms with Gasteiger partial charge in [-0.1, -0.05) is 30.3 Å². The summed E-state index contributed by atoms with van der Waals surface area (Å²) in [4.78, 5) is 14.0. The number of ether oxygens (including phenoxy) is 2. The fourth-order valence-corrected chi connectivity index (χ4v) is 2.56. The quantitative estimate of drug-likeness (QED) is 0.883. The monoisotopic (exact) mass is 298 g/mol. The van der Waals surface area contributed by atoms with Gasteiger partial charge in [-0.25, -0.2) is 4.79 Å². The standard InChI is InChI=1S/C17H18N2O3/c1-21-15-8-4-5-9-16(15)22-12-18-17(20)19-11-10-13-6-2-3-7-14(13)19/h2-9H,10-12H2,1H3,(H,18,20). The first-order chi connectivity index (χ1) is 10.8. The zero-order valence-electron chi connectivity index (χ0n) is 12.4. The van der Waals surface area contributed by atoms with Crippen LogP contribution in [0.25, 0.3) is 0 Å². The fourth-order valence-electron chi connectivity index (χ4n) is 2.56. The number of carbonyl (C=O) groups excluding carboxylic acids is 1. The van der Waals surface area contributed by atoms with Gasteiger partial charge in [0.1, 0.15) is 0 Å². The molecule has 22 heavy (non-hydrogen) atoms. The van der Waals surface area contributed by atoms with Crippen LogP contribution < -0.4 is 19.7 Å². The number of anilines is 1. The van der Waals surface area contributed by atoms with E-state index in [4.69, 9.17) is 9.47 Å². The van der Waals surface area contributed by atoms with Crippen molar-refractivity contribution >= 4 is 11.7 Å². The third-order valence-electron chi connectivity index (χ3n) is 3.65. The summed E-state index contributed by atoms with van der Waals surface area (Å²) in [6.07, 6.45) is 0.886. The molecule has 2 aromatic carbocycles. The van der Waals surface area contributed by atoms with Crippen molar-refractivity contribution in [2.75, 3.05) is 25.3 Å². The minimum atomic E-state index is -0.153. The number of urea groups is 1. The molecule has 0 aliphatic carbocycles. The molecule has 0 unspecified atom stereocenters. The highest BCUT2D eigenvalue weighted by Crippen LogP contribution is 2.27. The third kappa shape index (κ3) is 2.83. The molecule has 3 rings (SSSR count). The van der Waals surface area contributed by atoms with E-state index in [9.17, 15) is 4.79 Å². The Hall–Kier alpha value is -2.69. The topological polar surface area (TPSA) is 50.8 Å². The Morgan fingerprint density at radius 3 is 2.68 bits per heavy atom. The van der Waals surface area contributed by atoms with Crippen molar-refractivity contribution in [3.05, 3.63) is 54.1 Å². The largest absolute Gasteiger partial charge is 0.493 e. The van der Waals surface area contributed by atoms with Gasteiger partial charge in [-0.3, -0.25) is 4.90 Å². The van der Waals surface area contributed by atoms with Crippen molar-refractivity contribution < 1.29 is 14.3 Å². The molecule has 2 amide bonds. The van der Waals surface area contributed by atoms with E-state index in [1.165, 1.54) is 5.56 Å². The number of hydrogen-bond acceptors (Lipinski definition) is 3. The van der Waals surface area contributed by atoms with E-state index >= 15 is 0 Å². The highest BCUT2D eigenvalue weighted by atomic mass is 16.5. The van der Waals surface area contributed by atoms with Crippen molar-refractivity contribution in [3.63, 3.8) is 0 Å². The maximum absolute atomic E-state index is 12.3. The second kappa shape index (κ2) is 6.39. The SMILES string of the molecule is COc1ccccc1OCNC(=O)N1CCc2ccccc21. The fraction of sp³-hybridized carbons (Fsp3) is 0.235. The van der Waals surface area contributed by atoms with Crippen molar-refractivity contribution in [3.8, 4) is 11.5 Å². The second-order valence-electron chi connectivity index (χ2n) is 4.95. The highest BCUT2D eigenvalue weighted by Gasteiger charge is 2.23. The molecule has 0 atom stereocenters. The molecule has 1 heterocycles. The van der Waals surface area contributed by atoms with Gasteiger partial charge >= 0.3 is 6.03 Å². The lowest BCUT2D eigenvalue weighted by atomic mass is 10.2. The van der Waals surface area contributed by atoms with E-state index in [-0.39, 0.29) is 12.8 Å². The summed E-state index contributed by atoms with van der Waals surface area (Å²) in [5.74, 6) is 1.25. The minimum absolute atomic E-state index is 0.0951. The molecule has 0 radical (unpaired) electrons.